The molecule has 0 heterocycles. The summed E-state index contributed by atoms with van der Waals surface area (Å²) < 4.78 is 4.78. The monoisotopic (exact) mass is 206 g/mol. The van der Waals surface area contributed by atoms with Crippen molar-refractivity contribution in [3.63, 3.8) is 0 Å². The molecule has 0 aliphatic carbocycles. The minimum Gasteiger partial charge on any atom is -0.469 e. The maximum Gasteiger partial charge on any atom is 0.311 e. The van der Waals surface area contributed by atoms with E-state index in [2.05, 4.69) is 19.1 Å². The third-order valence-electron chi connectivity index (χ3n) is 2.47. The molecule has 0 unspecified atom stereocenters. The first kappa shape index (κ1) is 11.8. The maximum atomic E-state index is 11.5. The zero-order chi connectivity index (χ0) is 11.5. The molecule has 0 N–H and O–H groups in total. The minimum absolute atomic E-state index is 0.163. The predicted molar refractivity (Wildman–Crippen MR) is 60.7 cm³/mol. The van der Waals surface area contributed by atoms with Crippen LogP contribution in [0.1, 0.15) is 25.0 Å². The van der Waals surface area contributed by atoms with Gasteiger partial charge < -0.3 is 4.74 Å². The molecule has 2 nitrogen and oxygen atoms in total. The van der Waals surface area contributed by atoms with Crippen LogP contribution in [0.25, 0.3) is 0 Å². The Bertz CT molecular complexity index is 353. The van der Waals surface area contributed by atoms with Crippen LogP contribution in [0.3, 0.4) is 0 Å². The van der Waals surface area contributed by atoms with Crippen LogP contribution in [0.5, 0.6) is 0 Å². The number of methoxy groups -OCH3 is 1. The number of benzene rings is 1. The van der Waals surface area contributed by atoms with Crippen molar-refractivity contribution in [1.29, 1.82) is 0 Å². The number of carbonyl (C=O) groups is 1. The fourth-order valence-electron chi connectivity index (χ4n) is 1.68. The highest BCUT2D eigenvalue weighted by molar-refractivity contribution is 5.76. The third-order valence-corrected chi connectivity index (χ3v) is 2.47. The van der Waals surface area contributed by atoms with E-state index in [0.29, 0.717) is 6.42 Å². The van der Waals surface area contributed by atoms with E-state index in [9.17, 15) is 4.79 Å². The minimum atomic E-state index is -0.456. The Morgan fingerprint density at radius 1 is 1.40 bits per heavy atom. The average molecular weight is 206 g/mol. The summed E-state index contributed by atoms with van der Waals surface area (Å²) in [6, 6.07) is 8.20. The molecular formula is C13H18O2. The topological polar surface area (TPSA) is 26.3 Å². The molecule has 2 heteroatoms. The van der Waals surface area contributed by atoms with Crippen LogP contribution in [0.15, 0.2) is 24.3 Å². The molecule has 0 saturated heterocycles. The first-order valence-electron chi connectivity index (χ1n) is 5.09. The van der Waals surface area contributed by atoms with E-state index in [1.165, 1.54) is 18.2 Å². The molecule has 82 valence electrons. The van der Waals surface area contributed by atoms with Gasteiger partial charge in [-0.1, -0.05) is 29.8 Å². The number of ether oxygens (including phenoxy) is 1. The average Bonchev–Trinajstić information content (AvgIpc) is 2.15. The molecule has 1 aromatic carbocycles. The van der Waals surface area contributed by atoms with Crippen molar-refractivity contribution in [2.45, 2.75) is 27.2 Å². The molecule has 0 atom stereocenters. The highest BCUT2D eigenvalue weighted by atomic mass is 16.5. The standard InChI is InChI=1S/C13H18O2/c1-10-6-5-7-11(8-10)9-13(2,3)12(14)15-4/h5-8H,9H2,1-4H3. The van der Waals surface area contributed by atoms with Crippen LogP contribution in [0.4, 0.5) is 0 Å². The molecule has 0 aromatic heterocycles. The lowest BCUT2D eigenvalue weighted by Crippen LogP contribution is -2.27. The molecule has 0 spiro atoms. The van der Waals surface area contributed by atoms with E-state index in [1.807, 2.05) is 26.0 Å². The lowest BCUT2D eigenvalue weighted by atomic mass is 9.85. The zero-order valence-corrected chi connectivity index (χ0v) is 9.83. The van der Waals surface area contributed by atoms with Crippen LogP contribution < -0.4 is 0 Å². The van der Waals surface area contributed by atoms with Crippen LogP contribution in [0, 0.1) is 12.3 Å². The number of carbonyl (C=O) groups excluding carboxylic acids is 1. The Kier molecular flexibility index (Phi) is 3.51. The summed E-state index contributed by atoms with van der Waals surface area (Å²) in [5, 5.41) is 0. The second-order valence-corrected chi connectivity index (χ2v) is 4.54. The summed E-state index contributed by atoms with van der Waals surface area (Å²) in [4.78, 5) is 11.5. The van der Waals surface area contributed by atoms with Crippen molar-refractivity contribution < 1.29 is 9.53 Å². The van der Waals surface area contributed by atoms with E-state index in [4.69, 9.17) is 4.74 Å². The number of hydrogen-bond acceptors (Lipinski definition) is 2. The molecule has 0 aliphatic rings. The number of esters is 1. The second-order valence-electron chi connectivity index (χ2n) is 4.54. The van der Waals surface area contributed by atoms with Gasteiger partial charge in [-0.3, -0.25) is 4.79 Å². The molecule has 15 heavy (non-hydrogen) atoms. The summed E-state index contributed by atoms with van der Waals surface area (Å²) >= 11 is 0. The lowest BCUT2D eigenvalue weighted by molar-refractivity contribution is -0.150. The van der Waals surface area contributed by atoms with Crippen LogP contribution in [-0.2, 0) is 16.0 Å². The summed E-state index contributed by atoms with van der Waals surface area (Å²) in [6.07, 6.45) is 0.710. The van der Waals surface area contributed by atoms with Gasteiger partial charge in [0, 0.05) is 0 Å². The SMILES string of the molecule is COC(=O)C(C)(C)Cc1cccc(C)c1. The lowest BCUT2D eigenvalue weighted by Gasteiger charge is -2.21. The van der Waals surface area contributed by atoms with Gasteiger partial charge in [-0.25, -0.2) is 0 Å². The largest absolute Gasteiger partial charge is 0.469 e. The Hall–Kier alpha value is -1.31. The van der Waals surface area contributed by atoms with Gasteiger partial charge in [0.25, 0.3) is 0 Å². The molecule has 0 amide bonds. The summed E-state index contributed by atoms with van der Waals surface area (Å²) in [6.45, 7) is 5.86. The van der Waals surface area contributed by atoms with Gasteiger partial charge in [0.15, 0.2) is 0 Å². The molecule has 0 bridgehead atoms. The molecule has 0 radical (unpaired) electrons. The van der Waals surface area contributed by atoms with Crippen molar-refractivity contribution in [1.82, 2.24) is 0 Å². The van der Waals surface area contributed by atoms with Gasteiger partial charge in [-0.2, -0.15) is 0 Å². The fraction of sp³-hybridized carbons (Fsp3) is 0.462. The highest BCUT2D eigenvalue weighted by Crippen LogP contribution is 2.23. The van der Waals surface area contributed by atoms with E-state index < -0.39 is 5.41 Å². The van der Waals surface area contributed by atoms with E-state index in [-0.39, 0.29) is 5.97 Å². The van der Waals surface area contributed by atoms with Gasteiger partial charge in [0.1, 0.15) is 0 Å². The molecule has 0 saturated carbocycles. The molecule has 1 aromatic rings. The van der Waals surface area contributed by atoms with Crippen LogP contribution in [0.2, 0.25) is 0 Å². The fourth-order valence-corrected chi connectivity index (χ4v) is 1.68. The van der Waals surface area contributed by atoms with Crippen molar-refractivity contribution in [2.24, 2.45) is 5.41 Å². The smallest absolute Gasteiger partial charge is 0.311 e. The predicted octanol–water partition coefficient (Wildman–Crippen LogP) is 2.74. The molecule has 1 rings (SSSR count). The maximum absolute atomic E-state index is 11.5. The molecular weight excluding hydrogens is 188 g/mol. The Balaban J connectivity index is 2.81. The zero-order valence-electron chi connectivity index (χ0n) is 9.83. The normalized spacial score (nSPS) is 11.2. The van der Waals surface area contributed by atoms with Gasteiger partial charge in [0.2, 0.25) is 0 Å². The second kappa shape index (κ2) is 4.47. The van der Waals surface area contributed by atoms with Crippen molar-refractivity contribution in [3.8, 4) is 0 Å². The van der Waals surface area contributed by atoms with E-state index >= 15 is 0 Å². The Morgan fingerprint density at radius 3 is 2.60 bits per heavy atom. The van der Waals surface area contributed by atoms with Gasteiger partial charge in [-0.15, -0.1) is 0 Å². The van der Waals surface area contributed by atoms with Crippen molar-refractivity contribution in [2.75, 3.05) is 7.11 Å². The Morgan fingerprint density at radius 2 is 2.07 bits per heavy atom. The quantitative estimate of drug-likeness (QED) is 0.711. The first-order chi connectivity index (χ1) is 6.95. The van der Waals surface area contributed by atoms with E-state index in [1.54, 1.807) is 0 Å². The van der Waals surface area contributed by atoms with Crippen molar-refractivity contribution in [3.05, 3.63) is 35.4 Å². The van der Waals surface area contributed by atoms with Crippen LogP contribution >= 0.6 is 0 Å². The highest BCUT2D eigenvalue weighted by Gasteiger charge is 2.28. The number of hydrogen-bond donors (Lipinski definition) is 0. The number of aryl methyl sites for hydroxylation is 1. The Labute approximate surface area is 91.3 Å². The number of rotatable bonds is 3. The first-order valence-corrected chi connectivity index (χ1v) is 5.09. The van der Waals surface area contributed by atoms with Gasteiger partial charge in [0.05, 0.1) is 12.5 Å². The summed E-state index contributed by atoms with van der Waals surface area (Å²) in [5.41, 5.74) is 1.93. The summed E-state index contributed by atoms with van der Waals surface area (Å²) in [7, 11) is 1.43. The van der Waals surface area contributed by atoms with E-state index in [0.717, 1.165) is 0 Å². The van der Waals surface area contributed by atoms with Gasteiger partial charge >= 0.3 is 5.97 Å². The van der Waals surface area contributed by atoms with Crippen molar-refractivity contribution >= 4 is 5.97 Å². The molecule has 0 fully saturated rings. The van der Waals surface area contributed by atoms with Gasteiger partial charge in [-0.05, 0) is 32.8 Å². The van der Waals surface area contributed by atoms with Crippen LogP contribution in [-0.4, -0.2) is 13.1 Å². The molecule has 0 aliphatic heterocycles. The summed E-state index contributed by atoms with van der Waals surface area (Å²) in [5.74, 6) is -0.163. The third kappa shape index (κ3) is 3.08.